The molecular formula is C11H12FN3. The molecule has 3 nitrogen and oxygen atoms in total. The van der Waals surface area contributed by atoms with Crippen LogP contribution in [0.5, 0.6) is 0 Å². The molecule has 0 aliphatic rings. The Balaban J connectivity index is 2.92. The molecule has 0 saturated carbocycles. The highest BCUT2D eigenvalue weighted by atomic mass is 19.1. The first kappa shape index (κ1) is 9.86. The molecule has 4 N–H and O–H groups in total. The smallest absolute Gasteiger partial charge is 0.134 e. The summed E-state index contributed by atoms with van der Waals surface area (Å²) in [5.41, 5.74) is 13.9. The lowest BCUT2D eigenvalue weighted by Crippen LogP contribution is -2.07. The first-order valence-corrected chi connectivity index (χ1v) is 4.68. The highest BCUT2D eigenvalue weighted by molar-refractivity contribution is 5.92. The van der Waals surface area contributed by atoms with Gasteiger partial charge in [-0.3, -0.25) is 4.98 Å². The lowest BCUT2D eigenvalue weighted by Gasteiger charge is -2.10. The van der Waals surface area contributed by atoms with Gasteiger partial charge in [0.15, 0.2) is 0 Å². The quantitative estimate of drug-likeness (QED) is 0.745. The fourth-order valence-electron chi connectivity index (χ4n) is 1.72. The second-order valence-corrected chi connectivity index (χ2v) is 3.43. The van der Waals surface area contributed by atoms with Crippen LogP contribution in [-0.4, -0.2) is 4.98 Å². The SMILES string of the molecule is Cc1nc2cccc(F)c2c(N)c1CN. The number of aromatic nitrogens is 1. The molecule has 0 saturated heterocycles. The summed E-state index contributed by atoms with van der Waals surface area (Å²) in [5.74, 6) is -0.354. The summed E-state index contributed by atoms with van der Waals surface area (Å²) in [6.07, 6.45) is 0. The zero-order chi connectivity index (χ0) is 11.0. The fourth-order valence-corrected chi connectivity index (χ4v) is 1.72. The van der Waals surface area contributed by atoms with E-state index < -0.39 is 0 Å². The van der Waals surface area contributed by atoms with E-state index in [1.807, 2.05) is 6.92 Å². The number of halogens is 1. The van der Waals surface area contributed by atoms with Crippen molar-refractivity contribution in [3.63, 3.8) is 0 Å². The number of benzene rings is 1. The van der Waals surface area contributed by atoms with Crippen molar-refractivity contribution in [1.29, 1.82) is 0 Å². The van der Waals surface area contributed by atoms with Crippen LogP contribution in [0, 0.1) is 12.7 Å². The molecule has 4 heteroatoms. The van der Waals surface area contributed by atoms with E-state index in [4.69, 9.17) is 11.5 Å². The van der Waals surface area contributed by atoms with Crippen LogP contribution >= 0.6 is 0 Å². The molecule has 78 valence electrons. The Morgan fingerprint density at radius 2 is 2.13 bits per heavy atom. The Morgan fingerprint density at radius 1 is 1.40 bits per heavy atom. The summed E-state index contributed by atoms with van der Waals surface area (Å²) in [5, 5.41) is 0.364. The van der Waals surface area contributed by atoms with Crippen molar-refractivity contribution in [1.82, 2.24) is 4.98 Å². The van der Waals surface area contributed by atoms with E-state index in [-0.39, 0.29) is 12.4 Å². The molecule has 1 heterocycles. The molecule has 0 amide bonds. The third-order valence-corrected chi connectivity index (χ3v) is 2.52. The van der Waals surface area contributed by atoms with Crippen LogP contribution in [0.1, 0.15) is 11.3 Å². The van der Waals surface area contributed by atoms with Crippen molar-refractivity contribution in [2.45, 2.75) is 13.5 Å². The monoisotopic (exact) mass is 205 g/mol. The number of hydrogen-bond donors (Lipinski definition) is 2. The van der Waals surface area contributed by atoms with Crippen LogP contribution in [0.25, 0.3) is 10.9 Å². The van der Waals surface area contributed by atoms with Gasteiger partial charge >= 0.3 is 0 Å². The standard InChI is InChI=1S/C11H12FN3/c1-6-7(5-13)11(14)10-8(12)3-2-4-9(10)15-6/h2-4H,5,13H2,1H3,(H2,14,15). The average molecular weight is 205 g/mol. The number of pyridine rings is 1. The van der Waals surface area contributed by atoms with Gasteiger partial charge in [0.25, 0.3) is 0 Å². The van der Waals surface area contributed by atoms with Crippen molar-refractivity contribution in [3.8, 4) is 0 Å². The Labute approximate surface area is 86.9 Å². The Hall–Kier alpha value is -1.68. The molecule has 2 rings (SSSR count). The van der Waals surface area contributed by atoms with Crippen LogP contribution in [0.4, 0.5) is 10.1 Å². The highest BCUT2D eigenvalue weighted by Gasteiger charge is 2.11. The molecule has 1 aromatic carbocycles. The van der Waals surface area contributed by atoms with Gasteiger partial charge in [0.1, 0.15) is 5.82 Å². The van der Waals surface area contributed by atoms with Gasteiger partial charge in [-0.15, -0.1) is 0 Å². The van der Waals surface area contributed by atoms with Crippen LogP contribution in [0.15, 0.2) is 18.2 Å². The van der Waals surface area contributed by atoms with E-state index in [1.165, 1.54) is 6.07 Å². The van der Waals surface area contributed by atoms with Crippen LogP contribution in [0.3, 0.4) is 0 Å². The molecule has 0 unspecified atom stereocenters. The summed E-state index contributed by atoms with van der Waals surface area (Å²) >= 11 is 0. The molecule has 15 heavy (non-hydrogen) atoms. The minimum Gasteiger partial charge on any atom is -0.398 e. The molecule has 0 atom stereocenters. The highest BCUT2D eigenvalue weighted by Crippen LogP contribution is 2.27. The second kappa shape index (κ2) is 3.47. The number of aryl methyl sites for hydroxylation is 1. The Morgan fingerprint density at radius 3 is 2.80 bits per heavy atom. The van der Waals surface area contributed by atoms with Gasteiger partial charge in [0.2, 0.25) is 0 Å². The third kappa shape index (κ3) is 1.43. The van der Waals surface area contributed by atoms with Crippen molar-refractivity contribution in [2.24, 2.45) is 5.73 Å². The normalized spacial score (nSPS) is 10.9. The Kier molecular flexibility index (Phi) is 2.28. The third-order valence-electron chi connectivity index (χ3n) is 2.52. The summed E-state index contributed by atoms with van der Waals surface area (Å²) in [6.45, 7) is 2.10. The molecule has 0 fully saturated rings. The zero-order valence-corrected chi connectivity index (χ0v) is 8.42. The first-order valence-electron chi connectivity index (χ1n) is 4.68. The van der Waals surface area contributed by atoms with Gasteiger partial charge in [0.05, 0.1) is 16.6 Å². The number of hydrogen-bond acceptors (Lipinski definition) is 3. The molecule has 2 aromatic rings. The maximum Gasteiger partial charge on any atom is 0.134 e. The lowest BCUT2D eigenvalue weighted by atomic mass is 10.1. The molecule has 0 aliphatic heterocycles. The van der Waals surface area contributed by atoms with Gasteiger partial charge < -0.3 is 11.5 Å². The van der Waals surface area contributed by atoms with Crippen molar-refractivity contribution >= 4 is 16.6 Å². The topological polar surface area (TPSA) is 64.9 Å². The van der Waals surface area contributed by atoms with Crippen LogP contribution < -0.4 is 11.5 Å². The van der Waals surface area contributed by atoms with E-state index in [0.29, 0.717) is 22.2 Å². The zero-order valence-electron chi connectivity index (χ0n) is 8.42. The predicted molar refractivity (Wildman–Crippen MR) is 58.7 cm³/mol. The molecule has 0 aliphatic carbocycles. The van der Waals surface area contributed by atoms with Gasteiger partial charge in [-0.1, -0.05) is 6.07 Å². The van der Waals surface area contributed by atoms with Crippen LogP contribution in [0.2, 0.25) is 0 Å². The van der Waals surface area contributed by atoms with Crippen LogP contribution in [-0.2, 0) is 6.54 Å². The van der Waals surface area contributed by atoms with Crippen molar-refractivity contribution in [3.05, 3.63) is 35.3 Å². The number of anilines is 1. The molecule has 0 spiro atoms. The molecule has 0 radical (unpaired) electrons. The lowest BCUT2D eigenvalue weighted by molar-refractivity contribution is 0.639. The molecule has 0 bridgehead atoms. The van der Waals surface area contributed by atoms with Crippen molar-refractivity contribution < 1.29 is 4.39 Å². The van der Waals surface area contributed by atoms with E-state index in [1.54, 1.807) is 12.1 Å². The minimum atomic E-state index is -0.354. The molecular weight excluding hydrogens is 193 g/mol. The van der Waals surface area contributed by atoms with Crippen molar-refractivity contribution in [2.75, 3.05) is 5.73 Å². The largest absolute Gasteiger partial charge is 0.398 e. The summed E-state index contributed by atoms with van der Waals surface area (Å²) in [4.78, 5) is 4.27. The maximum absolute atomic E-state index is 13.5. The van der Waals surface area contributed by atoms with E-state index in [0.717, 1.165) is 5.69 Å². The van der Waals surface area contributed by atoms with E-state index in [2.05, 4.69) is 4.98 Å². The Bertz CT molecular complexity index is 523. The number of rotatable bonds is 1. The van der Waals surface area contributed by atoms with E-state index >= 15 is 0 Å². The number of fused-ring (bicyclic) bond motifs is 1. The number of nitrogens with zero attached hydrogens (tertiary/aromatic N) is 1. The maximum atomic E-state index is 13.5. The first-order chi connectivity index (χ1) is 7.15. The fraction of sp³-hybridized carbons (Fsp3) is 0.182. The minimum absolute atomic E-state index is 0.273. The van der Waals surface area contributed by atoms with Gasteiger partial charge in [-0.25, -0.2) is 4.39 Å². The van der Waals surface area contributed by atoms with E-state index in [9.17, 15) is 4.39 Å². The predicted octanol–water partition coefficient (Wildman–Crippen LogP) is 1.72. The number of nitrogen functional groups attached to an aromatic ring is 1. The second-order valence-electron chi connectivity index (χ2n) is 3.43. The summed E-state index contributed by atoms with van der Waals surface area (Å²) < 4.78 is 13.5. The summed E-state index contributed by atoms with van der Waals surface area (Å²) in [6, 6.07) is 4.73. The average Bonchev–Trinajstić information content (AvgIpc) is 2.17. The molecule has 1 aromatic heterocycles. The van der Waals surface area contributed by atoms with Gasteiger partial charge in [0, 0.05) is 17.8 Å². The van der Waals surface area contributed by atoms with Gasteiger partial charge in [-0.2, -0.15) is 0 Å². The number of nitrogens with two attached hydrogens (primary N) is 2. The van der Waals surface area contributed by atoms with Gasteiger partial charge in [-0.05, 0) is 19.1 Å². The summed E-state index contributed by atoms with van der Waals surface area (Å²) in [7, 11) is 0.